The number of ether oxygens (including phenoxy) is 1. The number of thiazole rings is 1. The molecule has 7 nitrogen and oxygen atoms in total. The first-order chi connectivity index (χ1) is 19.5. The Labute approximate surface area is 238 Å². The normalized spacial score (nSPS) is 11.9. The summed E-state index contributed by atoms with van der Waals surface area (Å²) in [6.45, 7) is 1.78. The van der Waals surface area contributed by atoms with Crippen molar-refractivity contribution in [3.63, 3.8) is 0 Å². The smallest absolute Gasteiger partial charge is 0.339 e. The van der Waals surface area contributed by atoms with E-state index in [0.29, 0.717) is 43.8 Å². The second-order valence-corrected chi connectivity index (χ2v) is 10.3. The zero-order valence-corrected chi connectivity index (χ0v) is 22.8. The van der Waals surface area contributed by atoms with Crippen LogP contribution in [0.1, 0.15) is 23.7 Å². The maximum atomic E-state index is 13.5. The van der Waals surface area contributed by atoms with Gasteiger partial charge in [0.05, 0.1) is 11.3 Å². The molecule has 6 rings (SSSR count). The van der Waals surface area contributed by atoms with Gasteiger partial charge in [0.15, 0.2) is 16.8 Å². The van der Waals surface area contributed by atoms with Gasteiger partial charge in [-0.05, 0) is 48.2 Å². The van der Waals surface area contributed by atoms with E-state index in [9.17, 15) is 9.59 Å². The SMILES string of the molecule is CCC(OC(=O)c1cccc2cccc(-c3nc4ccccc4o3)c12)C(=O)Nc1nc(-c2ccc(Cl)cc2)cs1. The van der Waals surface area contributed by atoms with Crippen molar-refractivity contribution in [1.29, 1.82) is 0 Å². The van der Waals surface area contributed by atoms with Crippen LogP contribution < -0.4 is 5.32 Å². The number of nitrogens with zero attached hydrogens (tertiary/aromatic N) is 2. The number of para-hydroxylation sites is 2. The molecule has 0 aliphatic heterocycles. The van der Waals surface area contributed by atoms with E-state index in [1.165, 1.54) is 11.3 Å². The molecule has 1 atom stereocenters. The molecule has 40 heavy (non-hydrogen) atoms. The Kier molecular flexibility index (Phi) is 7.02. The average molecular weight is 568 g/mol. The number of hydrogen-bond donors (Lipinski definition) is 1. The standard InChI is InChI=1S/C31H22ClN3O4S/c1-2-25(28(36)35-31-34-24(17-40-31)18-13-15-20(32)16-14-18)39-30(37)22-10-6-8-19-7-5-9-21(27(19)22)29-33-23-11-3-4-12-26(23)38-29/h3-17,25H,2H2,1H3,(H,34,35,36). The van der Waals surface area contributed by atoms with Gasteiger partial charge in [-0.25, -0.2) is 14.8 Å². The van der Waals surface area contributed by atoms with Gasteiger partial charge in [0.1, 0.15) is 5.52 Å². The predicted molar refractivity (Wildman–Crippen MR) is 158 cm³/mol. The van der Waals surface area contributed by atoms with E-state index < -0.39 is 18.0 Å². The predicted octanol–water partition coefficient (Wildman–Crippen LogP) is 8.00. The van der Waals surface area contributed by atoms with E-state index in [4.69, 9.17) is 20.8 Å². The molecule has 6 aromatic rings. The van der Waals surface area contributed by atoms with E-state index in [1.807, 2.05) is 66.0 Å². The maximum absolute atomic E-state index is 13.5. The first kappa shape index (κ1) is 25.7. The lowest BCUT2D eigenvalue weighted by Gasteiger charge is -2.16. The number of esters is 1. The molecule has 0 bridgehead atoms. The molecule has 0 aliphatic carbocycles. The van der Waals surface area contributed by atoms with E-state index in [0.717, 1.165) is 16.5 Å². The van der Waals surface area contributed by atoms with Crippen molar-refractivity contribution < 1.29 is 18.7 Å². The fourth-order valence-corrected chi connectivity index (χ4v) is 5.31. The van der Waals surface area contributed by atoms with Crippen LogP contribution in [0, 0.1) is 0 Å². The maximum Gasteiger partial charge on any atom is 0.339 e. The van der Waals surface area contributed by atoms with Crippen molar-refractivity contribution in [2.24, 2.45) is 0 Å². The molecule has 0 radical (unpaired) electrons. The molecule has 198 valence electrons. The Balaban J connectivity index is 1.25. The van der Waals surface area contributed by atoms with Crippen LogP contribution in [-0.4, -0.2) is 27.9 Å². The van der Waals surface area contributed by atoms with E-state index >= 15 is 0 Å². The quantitative estimate of drug-likeness (QED) is 0.196. The third-order valence-electron chi connectivity index (χ3n) is 6.44. The molecule has 0 spiro atoms. The third kappa shape index (κ3) is 5.06. The average Bonchev–Trinajstić information content (AvgIpc) is 3.62. The van der Waals surface area contributed by atoms with Crippen LogP contribution in [-0.2, 0) is 9.53 Å². The Bertz CT molecular complexity index is 1820. The first-order valence-corrected chi connectivity index (χ1v) is 13.9. The van der Waals surface area contributed by atoms with Crippen molar-refractivity contribution >= 4 is 61.8 Å². The monoisotopic (exact) mass is 567 g/mol. The van der Waals surface area contributed by atoms with Gasteiger partial charge in [-0.3, -0.25) is 10.1 Å². The third-order valence-corrected chi connectivity index (χ3v) is 7.45. The number of aromatic nitrogens is 2. The van der Waals surface area contributed by atoms with Crippen molar-refractivity contribution in [2.45, 2.75) is 19.4 Å². The number of benzene rings is 4. The summed E-state index contributed by atoms with van der Waals surface area (Å²) < 4.78 is 11.7. The summed E-state index contributed by atoms with van der Waals surface area (Å²) in [5.74, 6) is -0.665. The molecule has 2 aromatic heterocycles. The largest absolute Gasteiger partial charge is 0.449 e. The lowest BCUT2D eigenvalue weighted by Crippen LogP contribution is -2.32. The summed E-state index contributed by atoms with van der Waals surface area (Å²) in [6, 6.07) is 25.8. The van der Waals surface area contributed by atoms with Crippen LogP contribution in [0.15, 0.2) is 94.7 Å². The Hall–Kier alpha value is -4.53. The minimum absolute atomic E-state index is 0.287. The first-order valence-electron chi connectivity index (χ1n) is 12.6. The number of carbonyl (C=O) groups is 2. The van der Waals surface area contributed by atoms with Crippen molar-refractivity contribution in [2.75, 3.05) is 5.32 Å². The van der Waals surface area contributed by atoms with Crippen LogP contribution in [0.2, 0.25) is 5.02 Å². The summed E-state index contributed by atoms with van der Waals surface area (Å²) in [4.78, 5) is 35.7. The molecule has 2 heterocycles. The van der Waals surface area contributed by atoms with Gasteiger partial charge >= 0.3 is 5.97 Å². The number of amides is 1. The topological polar surface area (TPSA) is 94.3 Å². The molecule has 1 N–H and O–H groups in total. The highest BCUT2D eigenvalue weighted by Crippen LogP contribution is 2.33. The van der Waals surface area contributed by atoms with Gasteiger partial charge in [0.25, 0.3) is 5.91 Å². The van der Waals surface area contributed by atoms with E-state index in [2.05, 4.69) is 15.3 Å². The number of nitrogens with one attached hydrogen (secondary N) is 1. The molecule has 9 heteroatoms. The number of rotatable bonds is 7. The molecule has 0 saturated carbocycles. The van der Waals surface area contributed by atoms with Crippen LogP contribution in [0.5, 0.6) is 0 Å². The van der Waals surface area contributed by atoms with Crippen LogP contribution >= 0.6 is 22.9 Å². The van der Waals surface area contributed by atoms with Crippen LogP contribution in [0.4, 0.5) is 5.13 Å². The number of fused-ring (bicyclic) bond motifs is 2. The summed E-state index contributed by atoms with van der Waals surface area (Å²) in [6.07, 6.45) is -0.724. The molecule has 4 aromatic carbocycles. The molecule has 0 saturated heterocycles. The molecular formula is C31H22ClN3O4S. The second-order valence-electron chi connectivity index (χ2n) is 9.03. The molecular weight excluding hydrogens is 546 g/mol. The highest BCUT2D eigenvalue weighted by atomic mass is 35.5. The highest BCUT2D eigenvalue weighted by molar-refractivity contribution is 7.14. The van der Waals surface area contributed by atoms with Crippen LogP contribution in [0.25, 0.3) is 44.6 Å². The fourth-order valence-electron chi connectivity index (χ4n) is 4.46. The van der Waals surface area contributed by atoms with Gasteiger partial charge in [0, 0.05) is 26.9 Å². The van der Waals surface area contributed by atoms with Gasteiger partial charge in [-0.2, -0.15) is 0 Å². The molecule has 1 amide bonds. The highest BCUT2D eigenvalue weighted by Gasteiger charge is 2.25. The Morgan fingerprint density at radius 2 is 1.75 bits per heavy atom. The number of halogens is 1. The van der Waals surface area contributed by atoms with Crippen molar-refractivity contribution in [1.82, 2.24) is 9.97 Å². The van der Waals surface area contributed by atoms with Gasteiger partial charge in [-0.15, -0.1) is 11.3 Å². The number of anilines is 1. The van der Waals surface area contributed by atoms with Gasteiger partial charge in [-0.1, -0.05) is 67.1 Å². The minimum atomic E-state index is -1.01. The Morgan fingerprint density at radius 3 is 2.52 bits per heavy atom. The van der Waals surface area contributed by atoms with E-state index in [-0.39, 0.29) is 6.42 Å². The van der Waals surface area contributed by atoms with Gasteiger partial charge < -0.3 is 9.15 Å². The number of oxazole rings is 1. The number of carbonyl (C=O) groups excluding carboxylic acids is 2. The number of hydrogen-bond acceptors (Lipinski definition) is 7. The summed E-state index contributed by atoms with van der Waals surface area (Å²) in [5, 5.41) is 7.13. The van der Waals surface area contributed by atoms with Crippen LogP contribution in [0.3, 0.4) is 0 Å². The lowest BCUT2D eigenvalue weighted by molar-refractivity contribution is -0.124. The second kappa shape index (κ2) is 10.9. The van der Waals surface area contributed by atoms with Gasteiger partial charge in [0.2, 0.25) is 5.89 Å². The lowest BCUT2D eigenvalue weighted by atomic mass is 9.99. The Morgan fingerprint density at radius 1 is 0.975 bits per heavy atom. The summed E-state index contributed by atoms with van der Waals surface area (Å²) >= 11 is 7.26. The molecule has 0 aliphatic rings. The minimum Gasteiger partial charge on any atom is -0.449 e. The molecule has 1 unspecified atom stereocenters. The molecule has 0 fully saturated rings. The fraction of sp³-hybridized carbons (Fsp3) is 0.0968. The summed E-state index contributed by atoms with van der Waals surface area (Å²) in [5.41, 5.74) is 3.95. The zero-order chi connectivity index (χ0) is 27.6. The zero-order valence-electron chi connectivity index (χ0n) is 21.3. The van der Waals surface area contributed by atoms with Crippen molar-refractivity contribution in [3.8, 4) is 22.7 Å². The van der Waals surface area contributed by atoms with Crippen molar-refractivity contribution in [3.05, 3.63) is 101 Å². The summed E-state index contributed by atoms with van der Waals surface area (Å²) in [7, 11) is 0. The van der Waals surface area contributed by atoms with E-state index in [1.54, 1.807) is 31.2 Å².